The van der Waals surface area contributed by atoms with E-state index in [4.69, 9.17) is 10.8 Å². The zero-order chi connectivity index (χ0) is 14.8. The predicted molar refractivity (Wildman–Crippen MR) is 84.6 cm³/mol. The summed E-state index contributed by atoms with van der Waals surface area (Å²) >= 11 is 1.64. The molecule has 0 spiro atoms. The van der Waals surface area contributed by atoms with Crippen LogP contribution in [0.2, 0.25) is 0 Å². The molecule has 4 nitrogen and oxygen atoms in total. The number of hydrogen-bond donors (Lipinski definition) is 3. The summed E-state index contributed by atoms with van der Waals surface area (Å²) in [5.74, 6) is 1.03. The maximum atomic E-state index is 12.1. The van der Waals surface area contributed by atoms with E-state index in [1.165, 1.54) is 0 Å². The molecule has 1 aromatic carbocycles. The van der Waals surface area contributed by atoms with Crippen LogP contribution in [0.15, 0.2) is 30.3 Å². The summed E-state index contributed by atoms with van der Waals surface area (Å²) in [5, 5.41) is 12.2. The van der Waals surface area contributed by atoms with E-state index in [0.29, 0.717) is 5.75 Å². The van der Waals surface area contributed by atoms with Gasteiger partial charge in [-0.1, -0.05) is 37.3 Å². The first-order chi connectivity index (χ1) is 9.67. The molecule has 0 fully saturated rings. The number of aliphatic hydroxyl groups excluding tert-OH is 1. The molecule has 20 heavy (non-hydrogen) atoms. The van der Waals surface area contributed by atoms with E-state index in [1.54, 1.807) is 11.8 Å². The summed E-state index contributed by atoms with van der Waals surface area (Å²) in [6.07, 6.45) is 1.66. The maximum absolute atomic E-state index is 12.1. The highest BCUT2D eigenvalue weighted by Gasteiger charge is 2.37. The molecule has 1 atom stereocenters. The topological polar surface area (TPSA) is 75.3 Å². The molecule has 1 unspecified atom stereocenters. The Morgan fingerprint density at radius 1 is 1.40 bits per heavy atom. The van der Waals surface area contributed by atoms with E-state index in [1.807, 2.05) is 30.3 Å². The van der Waals surface area contributed by atoms with Crippen LogP contribution in [0.1, 0.15) is 25.3 Å². The number of rotatable bonds is 10. The molecule has 1 rings (SSSR count). The Balaban J connectivity index is 2.92. The molecule has 0 saturated heterocycles. The fourth-order valence-electron chi connectivity index (χ4n) is 1.99. The van der Waals surface area contributed by atoms with Crippen molar-refractivity contribution in [2.24, 2.45) is 5.73 Å². The Morgan fingerprint density at radius 2 is 2.10 bits per heavy atom. The van der Waals surface area contributed by atoms with Crippen molar-refractivity contribution in [2.75, 3.05) is 24.7 Å². The Labute approximate surface area is 125 Å². The van der Waals surface area contributed by atoms with Gasteiger partial charge >= 0.3 is 0 Å². The van der Waals surface area contributed by atoms with E-state index >= 15 is 0 Å². The Kier molecular flexibility index (Phi) is 7.65. The van der Waals surface area contributed by atoms with Crippen LogP contribution in [0.5, 0.6) is 0 Å². The van der Waals surface area contributed by atoms with Gasteiger partial charge in [0.2, 0.25) is 5.91 Å². The van der Waals surface area contributed by atoms with Crippen LogP contribution in [0, 0.1) is 0 Å². The summed E-state index contributed by atoms with van der Waals surface area (Å²) in [4.78, 5) is 12.1. The zero-order valence-corrected chi connectivity index (χ0v) is 12.8. The van der Waals surface area contributed by atoms with Crippen LogP contribution in [0.3, 0.4) is 0 Å². The molecule has 0 bridgehead atoms. The molecule has 0 aliphatic rings. The molecule has 0 saturated carbocycles. The van der Waals surface area contributed by atoms with Crippen molar-refractivity contribution in [3.63, 3.8) is 0 Å². The summed E-state index contributed by atoms with van der Waals surface area (Å²) in [6, 6.07) is 9.62. The van der Waals surface area contributed by atoms with Gasteiger partial charge in [0.25, 0.3) is 0 Å². The van der Waals surface area contributed by atoms with Gasteiger partial charge in [-0.05, 0) is 30.7 Å². The minimum absolute atomic E-state index is 0.171. The van der Waals surface area contributed by atoms with Gasteiger partial charge in [0.05, 0.1) is 0 Å². The van der Waals surface area contributed by atoms with Crippen molar-refractivity contribution in [3.8, 4) is 0 Å². The number of benzene rings is 1. The lowest BCUT2D eigenvalue weighted by Gasteiger charge is -2.32. The molecule has 4 N–H and O–H groups in total. The van der Waals surface area contributed by atoms with E-state index in [9.17, 15) is 4.79 Å². The van der Waals surface area contributed by atoms with Crippen molar-refractivity contribution >= 4 is 17.7 Å². The van der Waals surface area contributed by atoms with Crippen LogP contribution in [0.4, 0.5) is 0 Å². The Morgan fingerprint density at radius 3 is 2.65 bits per heavy atom. The van der Waals surface area contributed by atoms with Crippen molar-refractivity contribution in [2.45, 2.75) is 25.3 Å². The molecule has 0 radical (unpaired) electrons. The second kappa shape index (κ2) is 9.00. The third-order valence-electron chi connectivity index (χ3n) is 3.13. The highest BCUT2D eigenvalue weighted by molar-refractivity contribution is 7.99. The zero-order valence-electron chi connectivity index (χ0n) is 12.0. The number of carbonyl (C=O) groups excluding carboxylic acids is 1. The first-order valence-electron chi connectivity index (χ1n) is 6.96. The predicted octanol–water partition coefficient (Wildman–Crippen LogP) is 1.48. The molecule has 1 amide bonds. The van der Waals surface area contributed by atoms with Crippen LogP contribution in [0.25, 0.3) is 0 Å². The molecule has 0 heterocycles. The minimum Gasteiger partial charge on any atom is -0.396 e. The number of thioether (sulfide) groups is 1. The summed E-state index contributed by atoms with van der Waals surface area (Å²) in [5.41, 5.74) is 5.76. The molecule has 112 valence electrons. The Hall–Kier alpha value is -1.04. The first kappa shape index (κ1) is 17.0. The standard InChI is InChI=1S/C15H24N2O2S/c1-2-9-17-15(14(16)19,12-20-11-6-10-18)13-7-4-3-5-8-13/h3-5,7-8,17-18H,2,6,9-12H2,1H3,(H2,16,19). The SMILES string of the molecule is CCCNC(CSCCCO)(C(N)=O)c1ccccc1. The lowest BCUT2D eigenvalue weighted by Crippen LogP contribution is -2.55. The fourth-order valence-corrected chi connectivity index (χ4v) is 3.18. The highest BCUT2D eigenvalue weighted by atomic mass is 32.2. The van der Waals surface area contributed by atoms with Gasteiger partial charge < -0.3 is 10.8 Å². The molecule has 1 aromatic rings. The quantitative estimate of drug-likeness (QED) is 0.572. The van der Waals surface area contributed by atoms with Crippen molar-refractivity contribution < 1.29 is 9.90 Å². The van der Waals surface area contributed by atoms with Crippen molar-refractivity contribution in [3.05, 3.63) is 35.9 Å². The number of aliphatic hydroxyl groups is 1. The van der Waals surface area contributed by atoms with Crippen LogP contribution in [-0.2, 0) is 10.3 Å². The largest absolute Gasteiger partial charge is 0.396 e. The highest BCUT2D eigenvalue weighted by Crippen LogP contribution is 2.26. The second-order valence-corrected chi connectivity index (χ2v) is 5.80. The monoisotopic (exact) mass is 296 g/mol. The van der Waals surface area contributed by atoms with Crippen LogP contribution < -0.4 is 11.1 Å². The minimum atomic E-state index is -0.836. The van der Waals surface area contributed by atoms with E-state index in [0.717, 1.165) is 30.7 Å². The number of nitrogens with two attached hydrogens (primary N) is 1. The van der Waals surface area contributed by atoms with Crippen molar-refractivity contribution in [1.82, 2.24) is 5.32 Å². The molecular formula is C15H24N2O2S. The van der Waals surface area contributed by atoms with Crippen molar-refractivity contribution in [1.29, 1.82) is 0 Å². The van der Waals surface area contributed by atoms with Gasteiger partial charge in [0.15, 0.2) is 0 Å². The third kappa shape index (κ3) is 4.51. The molecule has 5 heteroatoms. The summed E-state index contributed by atoms with van der Waals surface area (Å²) in [7, 11) is 0. The third-order valence-corrected chi connectivity index (χ3v) is 4.34. The molecule has 0 aromatic heterocycles. The van der Waals surface area contributed by atoms with Gasteiger partial charge in [-0.3, -0.25) is 10.1 Å². The normalized spacial score (nSPS) is 13.9. The van der Waals surface area contributed by atoms with E-state index in [2.05, 4.69) is 12.2 Å². The molecule has 0 aliphatic heterocycles. The lowest BCUT2D eigenvalue weighted by atomic mass is 9.91. The average molecular weight is 296 g/mol. The number of amides is 1. The number of primary amides is 1. The van der Waals surface area contributed by atoms with Gasteiger partial charge in [0.1, 0.15) is 5.54 Å². The fraction of sp³-hybridized carbons (Fsp3) is 0.533. The van der Waals surface area contributed by atoms with Crippen LogP contribution in [-0.4, -0.2) is 35.7 Å². The van der Waals surface area contributed by atoms with Gasteiger partial charge in [-0.25, -0.2) is 0 Å². The smallest absolute Gasteiger partial charge is 0.243 e. The summed E-state index contributed by atoms with van der Waals surface area (Å²) in [6.45, 7) is 2.96. The summed E-state index contributed by atoms with van der Waals surface area (Å²) < 4.78 is 0. The lowest BCUT2D eigenvalue weighted by molar-refractivity contribution is -0.123. The number of carbonyl (C=O) groups is 1. The number of hydrogen-bond acceptors (Lipinski definition) is 4. The van der Waals surface area contributed by atoms with Crippen LogP contribution >= 0.6 is 11.8 Å². The molecule has 0 aliphatic carbocycles. The second-order valence-electron chi connectivity index (χ2n) is 4.69. The number of nitrogens with one attached hydrogen (secondary N) is 1. The van der Waals surface area contributed by atoms with Gasteiger partial charge in [0, 0.05) is 12.4 Å². The Bertz CT molecular complexity index is 400. The maximum Gasteiger partial charge on any atom is 0.243 e. The van der Waals surface area contributed by atoms with E-state index < -0.39 is 5.54 Å². The van der Waals surface area contributed by atoms with Gasteiger partial charge in [-0.2, -0.15) is 11.8 Å². The molecular weight excluding hydrogens is 272 g/mol. The first-order valence-corrected chi connectivity index (χ1v) is 8.12. The van der Waals surface area contributed by atoms with E-state index in [-0.39, 0.29) is 12.5 Å². The average Bonchev–Trinajstić information content (AvgIpc) is 2.47. The van der Waals surface area contributed by atoms with Gasteiger partial charge in [-0.15, -0.1) is 0 Å².